The van der Waals surface area contributed by atoms with Crippen molar-refractivity contribution in [1.29, 1.82) is 0 Å². The molecule has 0 amide bonds. The Labute approximate surface area is 107 Å². The van der Waals surface area contributed by atoms with Crippen molar-refractivity contribution in [2.24, 2.45) is 5.92 Å². The smallest absolute Gasteiger partial charge is 0.168 e. The summed E-state index contributed by atoms with van der Waals surface area (Å²) in [7, 11) is 3.41. The SMILES string of the molecule is CCC(CNC)C(=O)c1ccc(OC)cc1Cl. The molecule has 0 aliphatic carbocycles. The van der Waals surface area contributed by atoms with Gasteiger partial charge >= 0.3 is 0 Å². The third-order valence-electron chi connectivity index (χ3n) is 2.76. The number of ketones is 1. The number of benzene rings is 1. The molecule has 1 aromatic rings. The van der Waals surface area contributed by atoms with Crippen molar-refractivity contribution in [2.45, 2.75) is 13.3 Å². The van der Waals surface area contributed by atoms with Gasteiger partial charge in [-0.1, -0.05) is 18.5 Å². The number of halogens is 1. The van der Waals surface area contributed by atoms with Gasteiger partial charge in [0.05, 0.1) is 12.1 Å². The van der Waals surface area contributed by atoms with Crippen molar-refractivity contribution in [2.75, 3.05) is 20.7 Å². The Hall–Kier alpha value is -1.06. The minimum absolute atomic E-state index is 0.0362. The van der Waals surface area contributed by atoms with E-state index in [0.29, 0.717) is 22.9 Å². The Morgan fingerprint density at radius 1 is 1.53 bits per heavy atom. The van der Waals surface area contributed by atoms with Gasteiger partial charge in [-0.25, -0.2) is 0 Å². The highest BCUT2D eigenvalue weighted by Crippen LogP contribution is 2.25. The molecule has 3 nitrogen and oxygen atoms in total. The predicted molar refractivity (Wildman–Crippen MR) is 70.0 cm³/mol. The maximum absolute atomic E-state index is 12.2. The van der Waals surface area contributed by atoms with E-state index in [1.807, 2.05) is 14.0 Å². The summed E-state index contributed by atoms with van der Waals surface area (Å²) in [5.41, 5.74) is 0.564. The van der Waals surface area contributed by atoms with Gasteiger partial charge in [0.25, 0.3) is 0 Å². The topological polar surface area (TPSA) is 38.3 Å². The first-order valence-electron chi connectivity index (χ1n) is 5.66. The van der Waals surface area contributed by atoms with E-state index < -0.39 is 0 Å². The van der Waals surface area contributed by atoms with Gasteiger partial charge in [-0.15, -0.1) is 0 Å². The fourth-order valence-corrected chi connectivity index (χ4v) is 1.98. The van der Waals surface area contributed by atoms with Crippen LogP contribution in [0.1, 0.15) is 23.7 Å². The number of hydrogen-bond acceptors (Lipinski definition) is 3. The molecule has 1 rings (SSSR count). The molecule has 0 heterocycles. The normalized spacial score (nSPS) is 12.2. The number of carbonyl (C=O) groups excluding carboxylic acids is 1. The summed E-state index contributed by atoms with van der Waals surface area (Å²) < 4.78 is 5.06. The summed E-state index contributed by atoms with van der Waals surface area (Å²) in [5, 5.41) is 3.47. The van der Waals surface area contributed by atoms with E-state index in [4.69, 9.17) is 16.3 Å². The zero-order valence-corrected chi connectivity index (χ0v) is 11.2. The lowest BCUT2D eigenvalue weighted by atomic mass is 9.95. The molecule has 17 heavy (non-hydrogen) atoms. The Morgan fingerprint density at radius 3 is 2.71 bits per heavy atom. The van der Waals surface area contributed by atoms with Crippen LogP contribution in [0.25, 0.3) is 0 Å². The van der Waals surface area contributed by atoms with Crippen LogP contribution >= 0.6 is 11.6 Å². The van der Waals surface area contributed by atoms with Gasteiger partial charge in [0.2, 0.25) is 0 Å². The third-order valence-corrected chi connectivity index (χ3v) is 3.07. The molecule has 0 fully saturated rings. The first-order chi connectivity index (χ1) is 8.13. The van der Waals surface area contributed by atoms with Crippen LogP contribution in [0.5, 0.6) is 5.75 Å². The molecular formula is C13H18ClNO2. The lowest BCUT2D eigenvalue weighted by Gasteiger charge is -2.14. The van der Waals surface area contributed by atoms with Gasteiger partial charge in [-0.2, -0.15) is 0 Å². The molecule has 4 heteroatoms. The average Bonchev–Trinajstić information content (AvgIpc) is 2.35. The number of nitrogens with one attached hydrogen (secondary N) is 1. The molecular weight excluding hydrogens is 238 g/mol. The minimum atomic E-state index is -0.0362. The molecule has 0 aliphatic rings. The Kier molecular flexibility index (Phi) is 5.45. The first-order valence-corrected chi connectivity index (χ1v) is 6.04. The summed E-state index contributed by atoms with van der Waals surface area (Å²) in [5.74, 6) is 0.702. The van der Waals surface area contributed by atoms with Crippen LogP contribution in [0.3, 0.4) is 0 Å². The molecule has 1 unspecified atom stereocenters. The van der Waals surface area contributed by atoms with Crippen LogP contribution in [0.2, 0.25) is 5.02 Å². The van der Waals surface area contributed by atoms with Crippen molar-refractivity contribution < 1.29 is 9.53 Å². The second-order valence-electron chi connectivity index (χ2n) is 3.87. The van der Waals surface area contributed by atoms with E-state index in [2.05, 4.69) is 5.32 Å². The molecule has 1 N–H and O–H groups in total. The Balaban J connectivity index is 2.95. The van der Waals surface area contributed by atoms with E-state index in [9.17, 15) is 4.79 Å². The van der Waals surface area contributed by atoms with Gasteiger partial charge < -0.3 is 10.1 Å². The summed E-state index contributed by atoms with van der Waals surface area (Å²) in [6.45, 7) is 2.66. The van der Waals surface area contributed by atoms with Crippen LogP contribution in [-0.2, 0) is 0 Å². The number of rotatable bonds is 6. The summed E-state index contributed by atoms with van der Waals surface area (Å²) >= 11 is 6.08. The summed E-state index contributed by atoms with van der Waals surface area (Å²) in [4.78, 5) is 12.2. The van der Waals surface area contributed by atoms with Gasteiger partial charge in [0, 0.05) is 18.0 Å². The first kappa shape index (κ1) is 14.0. The van der Waals surface area contributed by atoms with Crippen molar-refractivity contribution in [3.05, 3.63) is 28.8 Å². The lowest BCUT2D eigenvalue weighted by molar-refractivity contribution is 0.0917. The highest BCUT2D eigenvalue weighted by Gasteiger charge is 2.20. The Morgan fingerprint density at radius 2 is 2.24 bits per heavy atom. The zero-order valence-electron chi connectivity index (χ0n) is 10.4. The number of methoxy groups -OCH3 is 1. The van der Waals surface area contributed by atoms with E-state index in [1.54, 1.807) is 25.3 Å². The van der Waals surface area contributed by atoms with Crippen LogP contribution in [0.4, 0.5) is 0 Å². The quantitative estimate of drug-likeness (QED) is 0.795. The van der Waals surface area contributed by atoms with Crippen molar-refractivity contribution in [1.82, 2.24) is 5.32 Å². The number of Topliss-reactive ketones (excluding diaryl/α,β-unsaturated/α-hetero) is 1. The van der Waals surface area contributed by atoms with Gasteiger partial charge in [0.15, 0.2) is 5.78 Å². The second-order valence-corrected chi connectivity index (χ2v) is 4.28. The average molecular weight is 256 g/mol. The van der Waals surface area contributed by atoms with Gasteiger partial charge in [0.1, 0.15) is 5.75 Å². The van der Waals surface area contributed by atoms with Crippen molar-refractivity contribution >= 4 is 17.4 Å². The fourth-order valence-electron chi connectivity index (χ4n) is 1.71. The summed E-state index contributed by atoms with van der Waals surface area (Å²) in [6.07, 6.45) is 0.794. The number of hydrogen-bond donors (Lipinski definition) is 1. The zero-order chi connectivity index (χ0) is 12.8. The monoisotopic (exact) mass is 255 g/mol. The summed E-state index contributed by atoms with van der Waals surface area (Å²) in [6, 6.07) is 5.15. The van der Waals surface area contributed by atoms with Crippen LogP contribution in [0, 0.1) is 5.92 Å². The van der Waals surface area contributed by atoms with E-state index in [1.165, 1.54) is 0 Å². The fraction of sp³-hybridized carbons (Fsp3) is 0.462. The molecule has 0 spiro atoms. The molecule has 0 saturated heterocycles. The van der Waals surface area contributed by atoms with E-state index >= 15 is 0 Å². The molecule has 0 bridgehead atoms. The Bertz CT molecular complexity index is 393. The number of carbonyl (C=O) groups is 1. The van der Waals surface area contributed by atoms with E-state index in [0.717, 1.165) is 6.42 Å². The van der Waals surface area contributed by atoms with E-state index in [-0.39, 0.29) is 11.7 Å². The molecule has 94 valence electrons. The van der Waals surface area contributed by atoms with Crippen LogP contribution < -0.4 is 10.1 Å². The van der Waals surface area contributed by atoms with Gasteiger partial charge in [-0.05, 0) is 31.7 Å². The third kappa shape index (κ3) is 3.45. The highest BCUT2D eigenvalue weighted by atomic mass is 35.5. The standard InChI is InChI=1S/C13H18ClNO2/c1-4-9(8-15-2)13(16)11-6-5-10(17-3)7-12(11)14/h5-7,9,15H,4,8H2,1-3H3. The molecule has 1 atom stereocenters. The largest absolute Gasteiger partial charge is 0.497 e. The maximum Gasteiger partial charge on any atom is 0.168 e. The highest BCUT2D eigenvalue weighted by molar-refractivity contribution is 6.34. The van der Waals surface area contributed by atoms with Crippen molar-refractivity contribution in [3.8, 4) is 5.75 Å². The maximum atomic E-state index is 12.2. The second kappa shape index (κ2) is 6.62. The van der Waals surface area contributed by atoms with Crippen LogP contribution in [-0.4, -0.2) is 26.5 Å². The van der Waals surface area contributed by atoms with Crippen LogP contribution in [0.15, 0.2) is 18.2 Å². The molecule has 0 saturated carbocycles. The minimum Gasteiger partial charge on any atom is -0.497 e. The molecule has 1 aromatic carbocycles. The van der Waals surface area contributed by atoms with Crippen molar-refractivity contribution in [3.63, 3.8) is 0 Å². The predicted octanol–water partition coefficient (Wildman–Crippen LogP) is 2.78. The lowest BCUT2D eigenvalue weighted by Crippen LogP contribution is -2.26. The molecule has 0 aromatic heterocycles. The molecule has 0 radical (unpaired) electrons. The van der Waals surface area contributed by atoms with Gasteiger partial charge in [-0.3, -0.25) is 4.79 Å². The number of ether oxygens (including phenoxy) is 1. The molecule has 0 aliphatic heterocycles.